The second kappa shape index (κ2) is 10.3. The van der Waals surface area contributed by atoms with Crippen LogP contribution in [0.3, 0.4) is 0 Å². The first kappa shape index (κ1) is 26.7. The summed E-state index contributed by atoms with van der Waals surface area (Å²) in [6.07, 6.45) is 0.396. The van der Waals surface area contributed by atoms with Gasteiger partial charge in [0.1, 0.15) is 43.2 Å². The summed E-state index contributed by atoms with van der Waals surface area (Å²) in [6, 6.07) is 7.50. The normalized spacial score (nSPS) is 21.2. The molecule has 3 amide bonds. The van der Waals surface area contributed by atoms with Gasteiger partial charge in [0.25, 0.3) is 5.91 Å². The maximum absolute atomic E-state index is 13.1. The highest BCUT2D eigenvalue weighted by atomic mass is 16.5. The van der Waals surface area contributed by atoms with Crippen molar-refractivity contribution in [1.82, 2.24) is 15.1 Å². The first-order valence-corrected chi connectivity index (χ1v) is 12.4. The molecule has 3 aliphatic rings. The van der Waals surface area contributed by atoms with E-state index < -0.39 is 23.3 Å². The van der Waals surface area contributed by atoms with Crippen molar-refractivity contribution in [1.29, 1.82) is 0 Å². The number of ether oxygens (including phenoxy) is 2. The lowest BCUT2D eigenvalue weighted by molar-refractivity contribution is -0.136. The molecule has 0 aliphatic carbocycles. The number of morpholine rings is 1. The van der Waals surface area contributed by atoms with Gasteiger partial charge in [0.05, 0.1) is 27.6 Å². The molecule has 0 aromatic heterocycles. The highest BCUT2D eigenvalue weighted by Crippen LogP contribution is 2.35. The summed E-state index contributed by atoms with van der Waals surface area (Å²) in [5, 5.41) is 0.383. The Morgan fingerprint density at radius 2 is 1.79 bits per heavy atom. The summed E-state index contributed by atoms with van der Waals surface area (Å²) in [7, 11) is 32.0. The molecule has 3 heterocycles. The molecule has 5 rings (SSSR count). The molecule has 2 atom stereocenters. The Hall–Kier alpha value is -2.91. The smallest absolute Gasteiger partial charge is 0.255 e. The number of piperidine rings is 1. The van der Waals surface area contributed by atoms with E-state index in [-0.39, 0.29) is 53.4 Å². The van der Waals surface area contributed by atoms with Gasteiger partial charge in [-0.05, 0) is 35.6 Å². The lowest BCUT2D eigenvalue weighted by Gasteiger charge is -2.36. The van der Waals surface area contributed by atoms with Crippen LogP contribution in [0.4, 0.5) is 0 Å². The van der Waals surface area contributed by atoms with Crippen LogP contribution in [0.1, 0.15) is 45.8 Å². The van der Waals surface area contributed by atoms with Gasteiger partial charge in [-0.2, -0.15) is 0 Å². The number of nitrogens with zero attached hydrogens (tertiary/aromatic N) is 2. The minimum atomic E-state index is -1.90. The van der Waals surface area contributed by atoms with Crippen molar-refractivity contribution in [3.05, 3.63) is 52.6 Å². The van der Waals surface area contributed by atoms with Crippen LogP contribution in [0.15, 0.2) is 30.3 Å². The summed E-state index contributed by atoms with van der Waals surface area (Å²) in [5.74, 6) is -1.42. The molecule has 13 heteroatoms. The average Bonchev–Trinajstić information content (AvgIpc) is 3.22. The van der Waals surface area contributed by atoms with Gasteiger partial charge in [0.2, 0.25) is 11.8 Å². The Balaban J connectivity index is 1.39. The Bertz CT molecular complexity index is 1300. The van der Waals surface area contributed by atoms with Crippen molar-refractivity contribution < 1.29 is 23.9 Å². The third-order valence-electron chi connectivity index (χ3n) is 7.32. The number of nitrogens with one attached hydrogen (secondary N) is 1. The highest BCUT2D eigenvalue weighted by Gasteiger charge is 2.40. The van der Waals surface area contributed by atoms with Crippen molar-refractivity contribution >= 4 is 67.9 Å². The van der Waals surface area contributed by atoms with Crippen LogP contribution >= 0.6 is 0 Å². The lowest BCUT2D eigenvalue weighted by Crippen LogP contribution is -2.52. The number of fused-ring (bicyclic) bond motifs is 1. The molecule has 3 aliphatic heterocycles. The third-order valence-corrected chi connectivity index (χ3v) is 7.32. The SMILES string of the molecule is [B]c1c(C([B])N2CCOCC2)ccc(C([B])([B])Oc2cccc3c2CN(C2CCC(=O)NC2=O)C3=O)c1[B]. The van der Waals surface area contributed by atoms with Gasteiger partial charge in [-0.1, -0.05) is 29.1 Å². The molecule has 0 bridgehead atoms. The zero-order valence-electron chi connectivity index (χ0n) is 20.8. The largest absolute Gasteiger partial charge is 0.502 e. The Morgan fingerprint density at radius 3 is 2.50 bits per heavy atom. The summed E-state index contributed by atoms with van der Waals surface area (Å²) in [6.45, 7) is 2.58. The van der Waals surface area contributed by atoms with Gasteiger partial charge in [0, 0.05) is 36.0 Å². The molecule has 2 aromatic rings. The van der Waals surface area contributed by atoms with Gasteiger partial charge < -0.3 is 19.3 Å². The minimum absolute atomic E-state index is 0.0949. The van der Waals surface area contributed by atoms with E-state index >= 15 is 0 Å². The molecule has 2 fully saturated rings. The molecule has 2 unspecified atom stereocenters. The van der Waals surface area contributed by atoms with Crippen LogP contribution in [0, 0.1) is 0 Å². The van der Waals surface area contributed by atoms with Gasteiger partial charge in [-0.25, -0.2) is 0 Å². The Labute approximate surface area is 228 Å². The van der Waals surface area contributed by atoms with E-state index in [2.05, 4.69) is 5.32 Å². The van der Waals surface area contributed by atoms with E-state index in [9.17, 15) is 14.4 Å². The number of amides is 3. The predicted molar refractivity (Wildman–Crippen MR) is 144 cm³/mol. The number of rotatable bonds is 6. The first-order valence-electron chi connectivity index (χ1n) is 12.4. The van der Waals surface area contributed by atoms with E-state index in [0.29, 0.717) is 43.0 Å². The van der Waals surface area contributed by atoms with Crippen LogP contribution in [-0.2, 0) is 26.3 Å². The van der Waals surface area contributed by atoms with Crippen LogP contribution < -0.4 is 21.0 Å². The molecule has 182 valence electrons. The van der Waals surface area contributed by atoms with Crippen molar-refractivity contribution in [2.24, 2.45) is 0 Å². The molecule has 1 N–H and O–H groups in total. The maximum atomic E-state index is 13.1. The highest BCUT2D eigenvalue weighted by molar-refractivity contribution is 6.52. The van der Waals surface area contributed by atoms with Gasteiger partial charge in [-0.3, -0.25) is 19.7 Å². The maximum Gasteiger partial charge on any atom is 0.255 e. The number of carbonyl (C=O) groups is 3. The molecule has 38 heavy (non-hydrogen) atoms. The molecule has 8 nitrogen and oxygen atoms in total. The molecule has 0 saturated carbocycles. The van der Waals surface area contributed by atoms with E-state index in [1.54, 1.807) is 30.3 Å². The Morgan fingerprint density at radius 1 is 1.05 bits per heavy atom. The second-order valence-electron chi connectivity index (χ2n) is 9.70. The lowest BCUT2D eigenvalue weighted by atomic mass is 9.56. The number of carbonyl (C=O) groups excluding carboxylic acids is 3. The number of hydrogen-bond acceptors (Lipinski definition) is 6. The van der Waals surface area contributed by atoms with Gasteiger partial charge in [0.15, 0.2) is 0 Å². The number of benzene rings is 2. The zero-order chi connectivity index (χ0) is 27.2. The standard InChI is InChI=1S/C25H22B5N3O5/c26-20-14(22(28)32-8-10-37-11-9-32)4-5-16(21(20)27)25(29,30)38-18-3-1-2-13-15(18)12-33(24(13)36)17-6-7-19(34)31-23(17)35/h1-5,17,22H,6-12H2,(H,31,34,35). The van der Waals surface area contributed by atoms with Crippen molar-refractivity contribution in [2.75, 3.05) is 26.3 Å². The number of imide groups is 1. The zero-order valence-corrected chi connectivity index (χ0v) is 20.8. The molecular weight excluding hydrogens is 476 g/mol. The second-order valence-corrected chi connectivity index (χ2v) is 9.70. The molecular formula is C25H22B5N3O5. The fourth-order valence-corrected chi connectivity index (χ4v) is 5.19. The van der Waals surface area contributed by atoms with E-state index in [1.165, 1.54) is 4.90 Å². The molecule has 0 spiro atoms. The Kier molecular flexibility index (Phi) is 7.26. The fraction of sp³-hybridized carbons (Fsp3) is 0.400. The van der Waals surface area contributed by atoms with Gasteiger partial charge >= 0.3 is 0 Å². The molecule has 10 radical (unpaired) electrons. The summed E-state index contributed by atoms with van der Waals surface area (Å²) in [5.41, 5.74) is 2.17. The minimum Gasteiger partial charge on any atom is -0.502 e. The quantitative estimate of drug-likeness (QED) is 0.369. The summed E-state index contributed by atoms with van der Waals surface area (Å²) >= 11 is 0. The van der Waals surface area contributed by atoms with Crippen LogP contribution in [0.25, 0.3) is 0 Å². The fourth-order valence-electron chi connectivity index (χ4n) is 5.19. The first-order chi connectivity index (χ1) is 18.1. The molecule has 2 aromatic carbocycles. The van der Waals surface area contributed by atoms with Crippen molar-refractivity contribution in [2.45, 2.75) is 36.8 Å². The van der Waals surface area contributed by atoms with E-state index in [1.807, 2.05) is 4.90 Å². The average molecular weight is 499 g/mol. The summed E-state index contributed by atoms with van der Waals surface area (Å²) < 4.78 is 11.4. The topological polar surface area (TPSA) is 88.2 Å². The van der Waals surface area contributed by atoms with Crippen LogP contribution in [-0.4, -0.2) is 99.1 Å². The van der Waals surface area contributed by atoms with Crippen LogP contribution in [0.2, 0.25) is 0 Å². The third kappa shape index (κ3) is 4.82. The van der Waals surface area contributed by atoms with Crippen molar-refractivity contribution in [3.8, 4) is 5.75 Å². The van der Waals surface area contributed by atoms with Crippen LogP contribution in [0.5, 0.6) is 5.75 Å². The van der Waals surface area contributed by atoms with E-state index in [4.69, 9.17) is 48.7 Å². The van der Waals surface area contributed by atoms with Crippen molar-refractivity contribution in [3.63, 3.8) is 0 Å². The summed E-state index contributed by atoms with van der Waals surface area (Å²) in [4.78, 5) is 40.5. The number of hydrogen-bond donors (Lipinski definition) is 1. The van der Waals surface area contributed by atoms with E-state index in [0.717, 1.165) is 0 Å². The van der Waals surface area contributed by atoms with Gasteiger partial charge in [-0.15, -0.1) is 0 Å². The predicted octanol–water partition coefficient (Wildman–Crippen LogP) is -1.94. The monoisotopic (exact) mass is 499 g/mol. The molecule has 2 saturated heterocycles.